The van der Waals surface area contributed by atoms with Crippen molar-refractivity contribution in [3.8, 4) is 11.5 Å². The fourth-order valence-corrected chi connectivity index (χ4v) is 3.87. The first-order valence-corrected chi connectivity index (χ1v) is 10.2. The molecular weight excluding hydrogens is 398 g/mol. The number of anilines is 1. The number of amides is 1. The summed E-state index contributed by atoms with van der Waals surface area (Å²) in [4.78, 5) is 17.2. The highest BCUT2D eigenvalue weighted by Crippen LogP contribution is 2.30. The summed E-state index contributed by atoms with van der Waals surface area (Å²) in [6, 6.07) is 10.9. The van der Waals surface area contributed by atoms with Gasteiger partial charge in [-0.3, -0.25) is 4.79 Å². The van der Waals surface area contributed by atoms with Gasteiger partial charge < -0.3 is 19.4 Å². The van der Waals surface area contributed by atoms with Crippen molar-refractivity contribution in [2.24, 2.45) is 0 Å². The number of carbonyl (C=O) groups excluding carboxylic acids is 1. The van der Waals surface area contributed by atoms with E-state index in [1.54, 1.807) is 32.4 Å². The lowest BCUT2D eigenvalue weighted by Gasteiger charge is -2.12. The van der Waals surface area contributed by atoms with Gasteiger partial charge in [0.05, 0.1) is 36.7 Å². The van der Waals surface area contributed by atoms with Gasteiger partial charge in [-0.05, 0) is 36.8 Å². The van der Waals surface area contributed by atoms with Crippen LogP contribution in [-0.2, 0) is 11.3 Å². The zero-order valence-electron chi connectivity index (χ0n) is 16.0. The van der Waals surface area contributed by atoms with Gasteiger partial charge in [0.25, 0.3) is 0 Å². The standard InChI is InChI=1S/C20H22ClN3O3S/c1-4-9-24-17-7-5-13(21)10-15(17)23-20(24)28-12-19(25)22-16-11-14(26-2)6-8-18(16)27-3/h5-8,10-11H,4,9,12H2,1-3H3,(H,22,25). The van der Waals surface area contributed by atoms with Gasteiger partial charge in [-0.15, -0.1) is 0 Å². The number of aryl methyl sites for hydroxylation is 1. The first-order chi connectivity index (χ1) is 13.5. The number of rotatable bonds is 8. The van der Waals surface area contributed by atoms with E-state index in [4.69, 9.17) is 21.1 Å². The van der Waals surface area contributed by atoms with Crippen molar-refractivity contribution in [2.75, 3.05) is 25.3 Å². The Bertz CT molecular complexity index is 990. The molecule has 8 heteroatoms. The van der Waals surface area contributed by atoms with E-state index in [1.165, 1.54) is 11.8 Å². The highest BCUT2D eigenvalue weighted by atomic mass is 35.5. The van der Waals surface area contributed by atoms with Crippen LogP contribution >= 0.6 is 23.4 Å². The maximum atomic E-state index is 12.5. The molecule has 0 saturated carbocycles. The number of nitrogens with one attached hydrogen (secondary N) is 1. The molecule has 1 amide bonds. The molecule has 6 nitrogen and oxygen atoms in total. The number of hydrogen-bond acceptors (Lipinski definition) is 5. The average molecular weight is 420 g/mol. The second-order valence-electron chi connectivity index (χ2n) is 6.08. The van der Waals surface area contributed by atoms with Gasteiger partial charge in [0.15, 0.2) is 5.16 Å². The second kappa shape index (κ2) is 9.21. The number of methoxy groups -OCH3 is 2. The summed E-state index contributed by atoms with van der Waals surface area (Å²) in [5, 5.41) is 4.32. The Hall–Kier alpha value is -2.38. The van der Waals surface area contributed by atoms with E-state index in [2.05, 4.69) is 21.8 Å². The lowest BCUT2D eigenvalue weighted by atomic mass is 10.2. The molecule has 1 aromatic heterocycles. The number of nitrogens with zero attached hydrogens (tertiary/aromatic N) is 2. The maximum absolute atomic E-state index is 12.5. The van der Waals surface area contributed by atoms with E-state index in [9.17, 15) is 4.79 Å². The van der Waals surface area contributed by atoms with Gasteiger partial charge >= 0.3 is 0 Å². The van der Waals surface area contributed by atoms with E-state index in [-0.39, 0.29) is 11.7 Å². The largest absolute Gasteiger partial charge is 0.497 e. The van der Waals surface area contributed by atoms with Crippen molar-refractivity contribution in [1.82, 2.24) is 9.55 Å². The van der Waals surface area contributed by atoms with Crippen molar-refractivity contribution in [2.45, 2.75) is 25.0 Å². The molecule has 0 atom stereocenters. The number of imidazole rings is 1. The quantitative estimate of drug-likeness (QED) is 0.529. The van der Waals surface area contributed by atoms with Crippen molar-refractivity contribution < 1.29 is 14.3 Å². The molecule has 3 aromatic rings. The number of halogens is 1. The van der Waals surface area contributed by atoms with Crippen LogP contribution in [0.4, 0.5) is 5.69 Å². The molecule has 0 unspecified atom stereocenters. The molecule has 0 spiro atoms. The SMILES string of the molecule is CCCn1c(SCC(=O)Nc2cc(OC)ccc2OC)nc2cc(Cl)ccc21. The lowest BCUT2D eigenvalue weighted by Crippen LogP contribution is -2.15. The molecule has 1 N–H and O–H groups in total. The van der Waals surface area contributed by atoms with Crippen molar-refractivity contribution in [3.63, 3.8) is 0 Å². The third-order valence-corrected chi connectivity index (χ3v) is 5.35. The van der Waals surface area contributed by atoms with Crippen molar-refractivity contribution in [3.05, 3.63) is 41.4 Å². The summed E-state index contributed by atoms with van der Waals surface area (Å²) >= 11 is 7.48. The summed E-state index contributed by atoms with van der Waals surface area (Å²) in [5.41, 5.74) is 2.42. The van der Waals surface area contributed by atoms with Crippen molar-refractivity contribution >= 4 is 46.0 Å². The van der Waals surface area contributed by atoms with Crippen LogP contribution < -0.4 is 14.8 Å². The van der Waals surface area contributed by atoms with Gasteiger partial charge in [-0.25, -0.2) is 4.98 Å². The van der Waals surface area contributed by atoms with Crippen LogP contribution in [0.15, 0.2) is 41.6 Å². The number of thioether (sulfide) groups is 1. The predicted octanol–water partition coefficient (Wildman–Crippen LogP) is 4.85. The molecule has 0 radical (unpaired) electrons. The Morgan fingerprint density at radius 3 is 2.75 bits per heavy atom. The molecule has 28 heavy (non-hydrogen) atoms. The van der Waals surface area contributed by atoms with Crippen LogP contribution in [0.1, 0.15) is 13.3 Å². The lowest BCUT2D eigenvalue weighted by molar-refractivity contribution is -0.113. The normalized spacial score (nSPS) is 10.9. The highest BCUT2D eigenvalue weighted by molar-refractivity contribution is 7.99. The van der Waals surface area contributed by atoms with Crippen LogP contribution in [0, 0.1) is 0 Å². The summed E-state index contributed by atoms with van der Waals surface area (Å²) in [7, 11) is 3.14. The summed E-state index contributed by atoms with van der Waals surface area (Å²) in [6.07, 6.45) is 0.967. The third kappa shape index (κ3) is 4.54. The molecule has 148 valence electrons. The number of carbonyl (C=O) groups is 1. The van der Waals surface area contributed by atoms with Gasteiger partial charge in [-0.2, -0.15) is 0 Å². The molecule has 2 aromatic carbocycles. The van der Waals surface area contributed by atoms with Crippen LogP contribution in [-0.4, -0.2) is 35.4 Å². The number of hydrogen-bond donors (Lipinski definition) is 1. The summed E-state index contributed by atoms with van der Waals surface area (Å²) in [6.45, 7) is 2.93. The van der Waals surface area contributed by atoms with E-state index in [0.717, 1.165) is 29.2 Å². The fraction of sp³-hybridized carbons (Fsp3) is 0.300. The summed E-state index contributed by atoms with van der Waals surface area (Å²) in [5.74, 6) is 1.29. The minimum atomic E-state index is -0.148. The van der Waals surface area contributed by atoms with Crippen LogP contribution in [0.2, 0.25) is 5.02 Å². The Balaban J connectivity index is 1.75. The smallest absolute Gasteiger partial charge is 0.234 e. The monoisotopic (exact) mass is 419 g/mol. The van der Waals surface area contributed by atoms with Gasteiger partial charge in [-0.1, -0.05) is 30.3 Å². The zero-order chi connectivity index (χ0) is 20.1. The van der Waals surface area contributed by atoms with Crippen LogP contribution in [0.25, 0.3) is 11.0 Å². The number of ether oxygens (including phenoxy) is 2. The second-order valence-corrected chi connectivity index (χ2v) is 7.46. The van der Waals surface area contributed by atoms with E-state index >= 15 is 0 Å². The Labute approximate surface area is 173 Å². The zero-order valence-corrected chi connectivity index (χ0v) is 17.6. The Morgan fingerprint density at radius 2 is 2.04 bits per heavy atom. The first kappa shape index (κ1) is 20.4. The maximum Gasteiger partial charge on any atom is 0.234 e. The van der Waals surface area contributed by atoms with E-state index < -0.39 is 0 Å². The minimum Gasteiger partial charge on any atom is -0.497 e. The molecule has 0 aliphatic carbocycles. The number of benzene rings is 2. The van der Waals surface area contributed by atoms with Crippen LogP contribution in [0.3, 0.4) is 0 Å². The molecule has 3 rings (SSSR count). The molecule has 0 saturated heterocycles. The molecule has 0 aliphatic heterocycles. The Morgan fingerprint density at radius 1 is 1.21 bits per heavy atom. The topological polar surface area (TPSA) is 65.4 Å². The van der Waals surface area contributed by atoms with E-state index in [1.807, 2.05) is 18.2 Å². The minimum absolute atomic E-state index is 0.148. The molecule has 0 fully saturated rings. The third-order valence-electron chi connectivity index (χ3n) is 4.14. The Kier molecular flexibility index (Phi) is 6.70. The fourth-order valence-electron chi connectivity index (χ4n) is 2.86. The predicted molar refractivity (Wildman–Crippen MR) is 114 cm³/mol. The van der Waals surface area contributed by atoms with Gasteiger partial charge in [0.2, 0.25) is 5.91 Å². The van der Waals surface area contributed by atoms with Crippen molar-refractivity contribution in [1.29, 1.82) is 0 Å². The van der Waals surface area contributed by atoms with Gasteiger partial charge in [0.1, 0.15) is 11.5 Å². The van der Waals surface area contributed by atoms with E-state index in [0.29, 0.717) is 22.2 Å². The van der Waals surface area contributed by atoms with Gasteiger partial charge in [0, 0.05) is 17.6 Å². The highest BCUT2D eigenvalue weighted by Gasteiger charge is 2.14. The molecule has 1 heterocycles. The molecular formula is C20H22ClN3O3S. The average Bonchev–Trinajstić information content (AvgIpc) is 3.03. The number of aromatic nitrogens is 2. The van der Waals surface area contributed by atoms with Crippen LogP contribution in [0.5, 0.6) is 11.5 Å². The number of fused-ring (bicyclic) bond motifs is 1. The summed E-state index contributed by atoms with van der Waals surface area (Å²) < 4.78 is 12.6. The molecule has 0 bridgehead atoms. The first-order valence-electron chi connectivity index (χ1n) is 8.86. The molecule has 0 aliphatic rings.